The van der Waals surface area contributed by atoms with E-state index in [4.69, 9.17) is 28.9 Å². The average molecular weight is 889 g/mol. The maximum atomic E-state index is 14.7. The first-order valence-electron chi connectivity index (χ1n) is 23.2. The molecule has 4 amide bonds. The van der Waals surface area contributed by atoms with E-state index < -0.39 is 24.3 Å². The monoisotopic (exact) mass is 888 g/mol. The number of benzene rings is 3. The second kappa shape index (κ2) is 18.7. The van der Waals surface area contributed by atoms with E-state index in [1.807, 2.05) is 18.7 Å². The fraction of sp³-hybridized carbons (Fsp3) is 0.510. The van der Waals surface area contributed by atoms with E-state index in [1.54, 1.807) is 6.20 Å². The van der Waals surface area contributed by atoms with Crippen molar-refractivity contribution in [2.75, 3.05) is 27.4 Å². The Labute approximate surface area is 378 Å². The molecule has 344 valence electrons. The fourth-order valence-electron chi connectivity index (χ4n) is 10.6. The van der Waals surface area contributed by atoms with Crippen molar-refractivity contribution in [3.05, 3.63) is 65.9 Å². The maximum Gasteiger partial charge on any atom is 0.407 e. The zero-order valence-corrected chi connectivity index (χ0v) is 37.8. The second-order valence-corrected chi connectivity index (χ2v) is 18.4. The predicted octanol–water partition coefficient (Wildman–Crippen LogP) is 7.99. The van der Waals surface area contributed by atoms with Crippen LogP contribution in [0, 0.1) is 17.8 Å². The lowest BCUT2D eigenvalue weighted by Crippen LogP contribution is -2.55. The topological polar surface area (TPSA) is 202 Å². The second-order valence-electron chi connectivity index (χ2n) is 18.4. The highest BCUT2D eigenvalue weighted by atomic mass is 16.5. The molecule has 9 rings (SSSR count). The number of hydrogen-bond donors (Lipinski definition) is 5. The summed E-state index contributed by atoms with van der Waals surface area (Å²) in [5, 5.41) is 10.7. The van der Waals surface area contributed by atoms with Crippen molar-refractivity contribution >= 4 is 45.8 Å². The number of likely N-dealkylation sites (tertiary alicyclic amines) is 1. The molecule has 3 aromatic carbocycles. The zero-order chi connectivity index (χ0) is 45.4. The van der Waals surface area contributed by atoms with E-state index >= 15 is 0 Å². The molecule has 3 aliphatic heterocycles. The van der Waals surface area contributed by atoms with Gasteiger partial charge in [-0.25, -0.2) is 19.6 Å². The van der Waals surface area contributed by atoms with Crippen molar-refractivity contribution in [2.45, 2.75) is 115 Å². The normalized spacial score (nSPS) is 20.6. The lowest BCUT2D eigenvalue weighted by atomic mass is 9.90. The molecule has 4 aliphatic rings. The molecule has 0 radical (unpaired) electrons. The summed E-state index contributed by atoms with van der Waals surface area (Å²) < 4.78 is 21.8. The highest BCUT2D eigenvalue weighted by molar-refractivity contribution is 6.07. The summed E-state index contributed by atoms with van der Waals surface area (Å²) in [6.07, 6.45) is 8.30. The molecule has 6 atom stereocenters. The van der Waals surface area contributed by atoms with Crippen LogP contribution in [0.25, 0.3) is 44.2 Å². The van der Waals surface area contributed by atoms with Crippen molar-refractivity contribution in [3.8, 4) is 28.1 Å². The number of amides is 4. The maximum absolute atomic E-state index is 14.7. The van der Waals surface area contributed by atoms with Gasteiger partial charge in [-0.1, -0.05) is 58.2 Å². The van der Waals surface area contributed by atoms with Crippen LogP contribution >= 0.6 is 0 Å². The van der Waals surface area contributed by atoms with Gasteiger partial charge in [-0.05, 0) is 103 Å². The Balaban J connectivity index is 0.973. The standard InChI is InChI=1S/C49H60N8O8/c1-6-7-10-36(53-46(58)41(26(2)3)55-48(60)62-4)44-50-24-37(52-44)29-12-14-32-31(20-29)25-65-40-23-33-28(21-34(32)40)13-15-35-43(33)54-45(51-35)39-22-30-9-8-11-38(30)57(39)47(59)42(56-49(61)63-5)27-16-18-64-19-17-27/h12-15,20-21,23-24,26-27,30,36,38-39,41-42H,6-11,16-19,22,25H2,1-5H3,(H,50,52)(H,51,54)(H,53,58)(H,55,60)(H,56,61). The number of alkyl carbamates (subject to hydrolysis) is 2. The molecule has 1 saturated carbocycles. The lowest BCUT2D eigenvalue weighted by molar-refractivity contribution is -0.139. The number of carbonyl (C=O) groups excluding carboxylic acids is 4. The molecule has 1 aliphatic carbocycles. The van der Waals surface area contributed by atoms with Gasteiger partial charge in [-0.3, -0.25) is 9.59 Å². The van der Waals surface area contributed by atoms with Crippen molar-refractivity contribution < 1.29 is 38.1 Å². The number of nitrogens with one attached hydrogen (secondary N) is 5. The van der Waals surface area contributed by atoms with Gasteiger partial charge in [0.2, 0.25) is 11.8 Å². The number of imidazole rings is 2. The summed E-state index contributed by atoms with van der Waals surface area (Å²) in [6.45, 7) is 7.33. The molecule has 5 N–H and O–H groups in total. The number of unbranched alkanes of at least 4 members (excludes halogenated alkanes) is 1. The highest BCUT2D eigenvalue weighted by Gasteiger charge is 2.50. The number of methoxy groups -OCH3 is 2. The van der Waals surface area contributed by atoms with Crippen LogP contribution in [0.15, 0.2) is 48.7 Å². The molecule has 2 aromatic heterocycles. The van der Waals surface area contributed by atoms with E-state index in [0.29, 0.717) is 50.8 Å². The number of ether oxygens (including phenoxy) is 4. The quantitative estimate of drug-likeness (QED) is 0.0772. The Kier molecular flexibility index (Phi) is 12.7. The summed E-state index contributed by atoms with van der Waals surface area (Å²) in [6, 6.07) is 12.7. The van der Waals surface area contributed by atoms with Gasteiger partial charge in [0.05, 0.1) is 49.2 Å². The molecule has 5 aromatic rings. The number of aromatic amines is 2. The Bertz CT molecular complexity index is 2580. The number of nitrogens with zero attached hydrogens (tertiary/aromatic N) is 3. The van der Waals surface area contributed by atoms with Crippen LogP contribution in [0.5, 0.6) is 5.75 Å². The zero-order valence-electron chi connectivity index (χ0n) is 37.8. The van der Waals surface area contributed by atoms with Crippen LogP contribution < -0.4 is 20.7 Å². The molecule has 0 spiro atoms. The minimum absolute atomic E-state index is 0.0469. The Morgan fingerprint density at radius 3 is 2.49 bits per heavy atom. The molecule has 16 heteroatoms. The van der Waals surface area contributed by atoms with Crippen LogP contribution in [-0.2, 0) is 30.4 Å². The van der Waals surface area contributed by atoms with Gasteiger partial charge in [-0.2, -0.15) is 0 Å². The van der Waals surface area contributed by atoms with Gasteiger partial charge in [0, 0.05) is 30.2 Å². The van der Waals surface area contributed by atoms with Crippen LogP contribution in [0.3, 0.4) is 0 Å². The number of H-pyrrole nitrogens is 2. The van der Waals surface area contributed by atoms with Gasteiger partial charge >= 0.3 is 12.2 Å². The summed E-state index contributed by atoms with van der Waals surface area (Å²) >= 11 is 0. The molecule has 0 bridgehead atoms. The average Bonchev–Trinajstić information content (AvgIpc) is 4.15. The van der Waals surface area contributed by atoms with Gasteiger partial charge in [0.15, 0.2) is 0 Å². The molecular weight excluding hydrogens is 829 g/mol. The van der Waals surface area contributed by atoms with Gasteiger partial charge in [0.25, 0.3) is 0 Å². The Morgan fingerprint density at radius 1 is 0.923 bits per heavy atom. The van der Waals surface area contributed by atoms with Crippen LogP contribution in [0.2, 0.25) is 0 Å². The SMILES string of the molecule is CCCCC(NC(=O)C(NC(=O)OC)C(C)C)c1ncc(-c2ccc3c(c2)COc2cc4c(ccc5[nH]c(C6CC7CCCC7N6C(=O)C(NC(=O)OC)C6CCOCC6)nc54)cc2-3)[nH]1. The lowest BCUT2D eigenvalue weighted by Gasteiger charge is -2.36. The molecule has 6 unspecified atom stereocenters. The molecular formula is C49H60N8O8. The number of carbonyl (C=O) groups is 4. The van der Waals surface area contributed by atoms with Crippen molar-refractivity contribution in [2.24, 2.45) is 17.8 Å². The summed E-state index contributed by atoms with van der Waals surface area (Å²) in [5.41, 5.74) is 6.58. The van der Waals surface area contributed by atoms with Crippen molar-refractivity contribution in [1.29, 1.82) is 0 Å². The van der Waals surface area contributed by atoms with Gasteiger partial charge in [-0.15, -0.1) is 0 Å². The largest absolute Gasteiger partial charge is 0.488 e. The smallest absolute Gasteiger partial charge is 0.407 e. The number of fused-ring (bicyclic) bond motifs is 7. The first kappa shape index (κ1) is 44.1. The number of hydrogen-bond acceptors (Lipinski definition) is 10. The van der Waals surface area contributed by atoms with Crippen LogP contribution in [-0.4, -0.2) is 94.4 Å². The van der Waals surface area contributed by atoms with Crippen molar-refractivity contribution in [3.63, 3.8) is 0 Å². The van der Waals surface area contributed by atoms with Gasteiger partial charge in [0.1, 0.15) is 36.1 Å². The molecule has 2 saturated heterocycles. The summed E-state index contributed by atoms with van der Waals surface area (Å²) in [5.74, 6) is 1.98. The van der Waals surface area contributed by atoms with Gasteiger partial charge < -0.3 is 49.8 Å². The van der Waals surface area contributed by atoms with E-state index in [9.17, 15) is 19.2 Å². The van der Waals surface area contributed by atoms with Crippen molar-refractivity contribution in [1.82, 2.24) is 40.8 Å². The summed E-state index contributed by atoms with van der Waals surface area (Å²) in [7, 11) is 2.61. The third kappa shape index (κ3) is 8.72. The Morgan fingerprint density at radius 2 is 1.72 bits per heavy atom. The van der Waals surface area contributed by atoms with E-state index in [2.05, 4.69) is 75.3 Å². The molecule has 16 nitrogen and oxygen atoms in total. The third-order valence-corrected chi connectivity index (χ3v) is 14.0. The minimum Gasteiger partial charge on any atom is -0.488 e. The minimum atomic E-state index is -0.760. The van der Waals surface area contributed by atoms with Crippen LogP contribution in [0.4, 0.5) is 9.59 Å². The number of aromatic nitrogens is 4. The number of rotatable bonds is 13. The Hall–Kier alpha value is -6.16. The van der Waals surface area contributed by atoms with E-state index in [0.717, 1.165) is 99.9 Å². The van der Waals surface area contributed by atoms with E-state index in [-0.39, 0.29) is 41.8 Å². The first-order valence-corrected chi connectivity index (χ1v) is 23.2. The molecule has 65 heavy (non-hydrogen) atoms. The fourth-order valence-corrected chi connectivity index (χ4v) is 10.6. The van der Waals surface area contributed by atoms with E-state index in [1.165, 1.54) is 14.2 Å². The predicted molar refractivity (Wildman–Crippen MR) is 244 cm³/mol. The third-order valence-electron chi connectivity index (χ3n) is 14.0. The first-order chi connectivity index (χ1) is 31.5. The molecule has 5 heterocycles. The highest BCUT2D eigenvalue weighted by Crippen LogP contribution is 2.49. The molecule has 3 fully saturated rings. The van der Waals surface area contributed by atoms with Crippen LogP contribution in [0.1, 0.15) is 108 Å². The summed E-state index contributed by atoms with van der Waals surface area (Å²) in [4.78, 5) is 71.8.